The molecule has 1 amide bonds. The topological polar surface area (TPSA) is 98.2 Å². The van der Waals surface area contributed by atoms with Gasteiger partial charge in [-0.15, -0.1) is 11.3 Å². The first kappa shape index (κ1) is 27.8. The van der Waals surface area contributed by atoms with Crippen molar-refractivity contribution in [2.24, 2.45) is 5.92 Å². The van der Waals surface area contributed by atoms with Gasteiger partial charge >= 0.3 is 57.6 Å². The van der Waals surface area contributed by atoms with Gasteiger partial charge < -0.3 is 20.1 Å². The average Bonchev–Trinajstić information content (AvgIpc) is 3.23. The van der Waals surface area contributed by atoms with Crippen molar-refractivity contribution in [1.29, 1.82) is 0 Å². The molecule has 0 spiro atoms. The second-order valence-electron chi connectivity index (χ2n) is 9.12. The third-order valence-electron chi connectivity index (χ3n) is 6.86. The van der Waals surface area contributed by atoms with Crippen molar-refractivity contribution in [3.8, 4) is 10.4 Å². The van der Waals surface area contributed by atoms with Crippen LogP contribution in [0.25, 0.3) is 10.4 Å². The Morgan fingerprint density at radius 3 is 2.22 bits per heavy atom. The van der Waals surface area contributed by atoms with Crippen molar-refractivity contribution < 1.29 is 88.0 Å². The number of carboxylic acids is 1. The third-order valence-corrected chi connectivity index (χ3v) is 7.93. The van der Waals surface area contributed by atoms with Crippen molar-refractivity contribution in [2.75, 3.05) is 5.32 Å². The standard InChI is InChI=1S/C22H21F5N4O3S.K/c23-18(24)12-7-14(29-17(9-1-2-9)22(25,26)27)28-8-13(12)16-15(30-19(35-16)21(33)34)20(32)31-10-3-4-11(31)6-5-10;/h7-11,17-18H,1-6H2,(H,28,29)(H,33,34);/q;+1/p-1/t10-,11+,17-;/m0./s1. The molecule has 3 fully saturated rings. The molecule has 36 heavy (non-hydrogen) atoms. The molecule has 2 aliphatic heterocycles. The zero-order valence-corrected chi connectivity index (χ0v) is 23.1. The summed E-state index contributed by atoms with van der Waals surface area (Å²) in [5, 5.41) is 13.1. The van der Waals surface area contributed by atoms with E-state index in [4.69, 9.17) is 0 Å². The number of carbonyl (C=O) groups is 2. The predicted octanol–water partition coefficient (Wildman–Crippen LogP) is 1.03. The number of aromatic carboxylic acids is 1. The molecule has 7 nitrogen and oxygen atoms in total. The van der Waals surface area contributed by atoms with Crippen LogP contribution >= 0.6 is 11.3 Å². The first-order valence-electron chi connectivity index (χ1n) is 11.2. The minimum Gasteiger partial charge on any atom is -0.542 e. The molecule has 14 heteroatoms. The number of thiazole rings is 1. The van der Waals surface area contributed by atoms with Gasteiger partial charge in [-0.1, -0.05) is 0 Å². The van der Waals surface area contributed by atoms with E-state index in [9.17, 15) is 36.6 Å². The van der Waals surface area contributed by atoms with Gasteiger partial charge in [-0.05, 0) is 50.5 Å². The van der Waals surface area contributed by atoms with Crippen LogP contribution in [0.15, 0.2) is 12.3 Å². The SMILES string of the molecule is O=C([O-])c1nc(C(=O)N2[C@H]3CC[C@@H]2CC3)c(-c2cnc(N[C@@H](C3CC3)C(F)(F)F)cc2C(F)F)s1.[K+]. The normalized spacial score (nSPS) is 22.0. The van der Waals surface area contributed by atoms with Gasteiger partial charge in [0.25, 0.3) is 12.3 Å². The molecule has 1 aliphatic carbocycles. The predicted molar refractivity (Wildman–Crippen MR) is 113 cm³/mol. The van der Waals surface area contributed by atoms with Gasteiger partial charge in [0.2, 0.25) is 0 Å². The van der Waals surface area contributed by atoms with Crippen LogP contribution in [-0.2, 0) is 0 Å². The number of carboxylic acid groups (broad SMARTS) is 1. The monoisotopic (exact) mass is 554 g/mol. The van der Waals surface area contributed by atoms with Crippen molar-refractivity contribution in [1.82, 2.24) is 14.9 Å². The Kier molecular flexibility index (Phi) is 8.13. The maximum absolute atomic E-state index is 14.1. The first-order chi connectivity index (χ1) is 16.5. The van der Waals surface area contributed by atoms with Crippen molar-refractivity contribution >= 4 is 29.0 Å². The smallest absolute Gasteiger partial charge is 0.542 e. The number of hydrogen-bond donors (Lipinski definition) is 1. The number of fused-ring (bicyclic) bond motifs is 2. The fourth-order valence-corrected chi connectivity index (χ4v) is 6.00. The summed E-state index contributed by atoms with van der Waals surface area (Å²) in [6, 6.07) is -1.14. The molecule has 0 unspecified atom stereocenters. The molecule has 2 aromatic rings. The Labute approximate surface area is 249 Å². The van der Waals surface area contributed by atoms with Gasteiger partial charge in [0, 0.05) is 29.4 Å². The molecule has 3 aliphatic rings. The minimum atomic E-state index is -4.58. The number of carbonyl (C=O) groups excluding carboxylic acids is 2. The van der Waals surface area contributed by atoms with Crippen LogP contribution in [0, 0.1) is 5.92 Å². The Bertz CT molecular complexity index is 1150. The van der Waals surface area contributed by atoms with E-state index >= 15 is 0 Å². The van der Waals surface area contributed by atoms with E-state index in [1.807, 2.05) is 0 Å². The first-order valence-corrected chi connectivity index (χ1v) is 12.0. The summed E-state index contributed by atoms with van der Waals surface area (Å²) < 4.78 is 68.3. The van der Waals surface area contributed by atoms with Gasteiger partial charge in [-0.3, -0.25) is 4.79 Å². The van der Waals surface area contributed by atoms with E-state index in [-0.39, 0.29) is 85.4 Å². The number of hydrogen-bond acceptors (Lipinski definition) is 7. The maximum atomic E-state index is 14.1. The van der Waals surface area contributed by atoms with Crippen LogP contribution in [0.5, 0.6) is 0 Å². The van der Waals surface area contributed by atoms with Crippen LogP contribution in [0.2, 0.25) is 0 Å². The second kappa shape index (κ2) is 10.5. The zero-order valence-electron chi connectivity index (χ0n) is 19.1. The molecule has 5 rings (SSSR count). The molecular formula is C22H20F5KN4O3S. The number of aromatic nitrogens is 2. The summed E-state index contributed by atoms with van der Waals surface area (Å²) in [7, 11) is 0. The molecule has 2 bridgehead atoms. The molecule has 1 atom stereocenters. The molecule has 0 aromatic carbocycles. The summed E-state index contributed by atoms with van der Waals surface area (Å²) in [6.45, 7) is 0. The summed E-state index contributed by atoms with van der Waals surface area (Å²) in [5.74, 6) is -3.25. The number of anilines is 1. The molecule has 1 saturated carbocycles. The zero-order chi connectivity index (χ0) is 25.1. The summed E-state index contributed by atoms with van der Waals surface area (Å²) in [5.41, 5.74) is -1.21. The van der Waals surface area contributed by atoms with Crippen molar-refractivity contribution in [2.45, 2.75) is 69.3 Å². The number of nitrogens with one attached hydrogen (secondary N) is 1. The van der Waals surface area contributed by atoms with Crippen LogP contribution in [0.1, 0.15) is 70.8 Å². The number of amides is 1. The van der Waals surface area contributed by atoms with Crippen LogP contribution in [-0.4, -0.2) is 51.0 Å². The largest absolute Gasteiger partial charge is 1.00 e. The average molecular weight is 555 g/mol. The Balaban J connectivity index is 0.00000304. The molecule has 188 valence electrons. The van der Waals surface area contributed by atoms with Gasteiger partial charge in [0.1, 0.15) is 28.5 Å². The summed E-state index contributed by atoms with van der Waals surface area (Å²) >= 11 is 0.507. The number of pyridine rings is 1. The fraction of sp³-hybridized carbons (Fsp3) is 0.545. The quantitative estimate of drug-likeness (QED) is 0.406. The van der Waals surface area contributed by atoms with Gasteiger partial charge in [0.15, 0.2) is 0 Å². The second-order valence-corrected chi connectivity index (χ2v) is 10.1. The molecular weight excluding hydrogens is 534 g/mol. The van der Waals surface area contributed by atoms with Gasteiger partial charge in [-0.2, -0.15) is 13.2 Å². The number of alkyl halides is 5. The molecule has 2 aromatic heterocycles. The van der Waals surface area contributed by atoms with Crippen LogP contribution in [0.4, 0.5) is 27.8 Å². The van der Waals surface area contributed by atoms with E-state index in [2.05, 4.69) is 15.3 Å². The van der Waals surface area contributed by atoms with Crippen molar-refractivity contribution in [3.63, 3.8) is 0 Å². The van der Waals surface area contributed by atoms with E-state index in [1.54, 1.807) is 4.90 Å². The maximum Gasteiger partial charge on any atom is 1.00 e. The van der Waals surface area contributed by atoms with Crippen LogP contribution in [0.3, 0.4) is 0 Å². The summed E-state index contributed by atoms with van der Waals surface area (Å²) in [6.07, 6.45) is -2.83. The Morgan fingerprint density at radius 1 is 1.11 bits per heavy atom. The Morgan fingerprint density at radius 2 is 1.72 bits per heavy atom. The molecule has 2 saturated heterocycles. The molecule has 1 N–H and O–H groups in total. The van der Waals surface area contributed by atoms with E-state index in [1.165, 1.54) is 0 Å². The molecule has 0 radical (unpaired) electrons. The van der Waals surface area contributed by atoms with Crippen LogP contribution < -0.4 is 61.8 Å². The molecule has 4 heterocycles. The van der Waals surface area contributed by atoms with Crippen molar-refractivity contribution in [3.05, 3.63) is 28.5 Å². The van der Waals surface area contributed by atoms with Gasteiger partial charge in [-0.25, -0.2) is 18.7 Å². The van der Waals surface area contributed by atoms with E-state index in [0.717, 1.165) is 37.9 Å². The number of rotatable bonds is 7. The minimum absolute atomic E-state index is 0. The number of halogens is 5. The number of nitrogens with zero attached hydrogens (tertiary/aromatic N) is 3. The van der Waals surface area contributed by atoms with E-state index < -0.39 is 47.0 Å². The summed E-state index contributed by atoms with van der Waals surface area (Å²) in [4.78, 5) is 34.1. The Hall–Kier alpha value is -1.19. The van der Waals surface area contributed by atoms with Gasteiger partial charge in [0.05, 0.1) is 4.88 Å². The van der Waals surface area contributed by atoms with E-state index in [0.29, 0.717) is 24.2 Å². The fourth-order valence-electron chi connectivity index (χ4n) is 5.08. The third kappa shape index (κ3) is 5.34.